The van der Waals surface area contributed by atoms with Crippen LogP contribution in [0.4, 0.5) is 0 Å². The van der Waals surface area contributed by atoms with Crippen LogP contribution in [-0.2, 0) is 16.9 Å². The summed E-state index contributed by atoms with van der Waals surface area (Å²) in [7, 11) is 1.67. The Labute approximate surface area is 142 Å². The lowest BCUT2D eigenvalue weighted by Gasteiger charge is -2.26. The number of ether oxygens (including phenoxy) is 2. The zero-order chi connectivity index (χ0) is 15.3. The number of rotatable bonds is 6. The minimum atomic E-state index is -0.299. The number of halogens is 1. The van der Waals surface area contributed by atoms with E-state index in [0.29, 0.717) is 6.61 Å². The van der Waals surface area contributed by atoms with Gasteiger partial charge in [0.1, 0.15) is 5.75 Å². The van der Waals surface area contributed by atoms with E-state index in [9.17, 15) is 0 Å². The molecule has 0 atom stereocenters. The number of methoxy groups -OCH3 is 1. The summed E-state index contributed by atoms with van der Waals surface area (Å²) < 4.78 is 12.7. The summed E-state index contributed by atoms with van der Waals surface area (Å²) in [4.78, 5) is 0. The quantitative estimate of drug-likeness (QED) is 0.731. The summed E-state index contributed by atoms with van der Waals surface area (Å²) in [6.07, 6.45) is 0. The smallest absolute Gasteiger partial charge is 0.497 e. The van der Waals surface area contributed by atoms with Gasteiger partial charge in [0.15, 0.2) is 0 Å². The monoisotopic (exact) mass is 358 g/mol. The van der Waals surface area contributed by atoms with Crippen molar-refractivity contribution in [1.82, 2.24) is 0 Å². The van der Waals surface area contributed by atoms with Crippen LogP contribution in [0.25, 0.3) is 0 Å². The molecule has 0 radical (unpaired) electrons. The van der Waals surface area contributed by atoms with E-state index in [2.05, 4.69) is 51.0 Å². The molecule has 0 bridgehead atoms. The van der Waals surface area contributed by atoms with Crippen molar-refractivity contribution in [2.24, 2.45) is 0 Å². The van der Waals surface area contributed by atoms with Gasteiger partial charge in [0.2, 0.25) is 0 Å². The van der Waals surface area contributed by atoms with Gasteiger partial charge < -0.3 is 9.47 Å². The van der Waals surface area contributed by atoms with Crippen molar-refractivity contribution in [3.05, 3.63) is 59.7 Å². The van der Waals surface area contributed by atoms with Crippen molar-refractivity contribution in [3.63, 3.8) is 0 Å². The highest BCUT2D eigenvalue weighted by Gasteiger charge is 2.21. The van der Waals surface area contributed by atoms with Crippen LogP contribution in [0.5, 0.6) is 5.75 Å². The normalized spacial score (nSPS) is 11.0. The van der Waals surface area contributed by atoms with Gasteiger partial charge in [-0.15, -0.1) is 0 Å². The molecule has 0 saturated heterocycles. The molecule has 0 aliphatic heterocycles. The first-order valence-corrected chi connectivity index (χ1v) is 11.6. The zero-order valence-electron chi connectivity index (χ0n) is 12.7. The topological polar surface area (TPSA) is 18.5 Å². The number of benzene rings is 2. The number of hydrogen-bond donors (Lipinski definition) is 0. The molecule has 0 unspecified atom stereocenters. The molecule has 0 saturated carbocycles. The third-order valence-electron chi connectivity index (χ3n) is 3.56. The fourth-order valence-corrected chi connectivity index (χ4v) is 3.60. The molecule has 0 N–H and O–H groups in total. The molecule has 0 fully saturated rings. The van der Waals surface area contributed by atoms with Gasteiger partial charge in [-0.25, -0.2) is 0 Å². The van der Waals surface area contributed by atoms with Gasteiger partial charge in [-0.05, 0) is 37.1 Å². The van der Waals surface area contributed by atoms with E-state index < -0.39 is 0 Å². The van der Waals surface area contributed by atoms with Crippen molar-refractivity contribution >= 4 is 34.8 Å². The maximum atomic E-state index is 6.11. The van der Waals surface area contributed by atoms with Crippen LogP contribution >= 0.6 is 12.9 Å². The Kier molecular flexibility index (Phi) is 6.11. The molecule has 0 heterocycles. The lowest BCUT2D eigenvalue weighted by Crippen LogP contribution is -2.22. The van der Waals surface area contributed by atoms with Crippen molar-refractivity contribution in [2.45, 2.75) is 26.1 Å². The first kappa shape index (κ1) is 16.8. The number of hydrogen-bond acceptors (Lipinski definition) is 2. The lowest BCUT2D eigenvalue weighted by molar-refractivity contribution is -0.0337. The van der Waals surface area contributed by atoms with Crippen LogP contribution in [0.15, 0.2) is 48.5 Å². The maximum Gasteiger partial charge on any atom is 0.506 e. The molecule has 108 valence electrons. The Morgan fingerprint density at radius 3 is 2.14 bits per heavy atom. The second-order valence-corrected chi connectivity index (χ2v) is 8.24. The average molecular weight is 360 g/mol. The van der Waals surface area contributed by atoms with Crippen LogP contribution < -0.4 is 8.43 Å². The predicted octanol–water partition coefficient (Wildman–Crippen LogP) is 3.79. The molecular formula is C17H19BrMgO2. The van der Waals surface area contributed by atoms with Crippen molar-refractivity contribution in [3.8, 4) is 5.75 Å². The van der Waals surface area contributed by atoms with E-state index in [-0.39, 0.29) is 23.8 Å². The molecule has 0 aromatic heterocycles. The minimum Gasteiger partial charge on any atom is -0.497 e. The highest BCUT2D eigenvalue weighted by atomic mass is 79.9. The van der Waals surface area contributed by atoms with Gasteiger partial charge in [-0.3, -0.25) is 12.9 Å². The van der Waals surface area contributed by atoms with Gasteiger partial charge in [-0.2, -0.15) is 3.69 Å². The first-order valence-electron chi connectivity index (χ1n) is 6.97. The summed E-state index contributed by atoms with van der Waals surface area (Å²) >= 11 is 3.33. The third kappa shape index (κ3) is 4.71. The van der Waals surface area contributed by atoms with Crippen LogP contribution in [-0.4, -0.2) is 25.3 Å². The predicted molar refractivity (Wildman–Crippen MR) is 91.6 cm³/mol. The second-order valence-electron chi connectivity index (χ2n) is 5.48. The second kappa shape index (κ2) is 7.63. The highest BCUT2D eigenvalue weighted by molar-refractivity contribution is 9.23. The largest absolute Gasteiger partial charge is 0.506 e. The Morgan fingerprint density at radius 1 is 1.00 bits per heavy atom. The van der Waals surface area contributed by atoms with Crippen molar-refractivity contribution in [1.29, 1.82) is 0 Å². The molecule has 0 spiro atoms. The van der Waals surface area contributed by atoms with E-state index in [1.807, 2.05) is 24.3 Å². The van der Waals surface area contributed by atoms with Crippen molar-refractivity contribution < 1.29 is 9.47 Å². The summed E-state index contributed by atoms with van der Waals surface area (Å²) in [5.74, 6) is 0.868. The van der Waals surface area contributed by atoms with E-state index in [4.69, 9.17) is 9.47 Å². The minimum absolute atomic E-state index is 0.268. The first-order chi connectivity index (χ1) is 10.0. The summed E-state index contributed by atoms with van der Waals surface area (Å²) in [5.41, 5.74) is 2.05. The zero-order valence-corrected chi connectivity index (χ0v) is 15.7. The molecule has 0 aliphatic carbocycles. The molecule has 0 aliphatic rings. The Morgan fingerprint density at radius 2 is 1.62 bits per heavy atom. The van der Waals surface area contributed by atoms with Crippen LogP contribution in [0.2, 0.25) is 0 Å². The molecular weight excluding hydrogens is 340 g/mol. The summed E-state index contributed by atoms with van der Waals surface area (Å²) in [6.45, 7) is 4.81. The fraction of sp³-hybridized carbons (Fsp3) is 0.294. The van der Waals surface area contributed by atoms with Crippen LogP contribution in [0.3, 0.4) is 0 Å². The molecule has 2 rings (SSSR count). The van der Waals surface area contributed by atoms with E-state index in [1.54, 1.807) is 7.11 Å². The average Bonchev–Trinajstić information content (AvgIpc) is 2.53. The Hall–Kier alpha value is -0.554. The van der Waals surface area contributed by atoms with Crippen LogP contribution in [0.1, 0.15) is 25.0 Å². The van der Waals surface area contributed by atoms with E-state index >= 15 is 0 Å². The summed E-state index contributed by atoms with van der Waals surface area (Å²) in [5, 5.41) is 0. The Balaban J connectivity index is 2.01. The van der Waals surface area contributed by atoms with Crippen LogP contribution in [0, 0.1) is 0 Å². The molecule has 2 nitrogen and oxygen atoms in total. The highest BCUT2D eigenvalue weighted by Crippen LogP contribution is 2.25. The van der Waals surface area contributed by atoms with E-state index in [0.717, 1.165) is 11.3 Å². The molecule has 4 heteroatoms. The SMILES string of the molecule is COc1ccc(COC(C)(C)c2cc[c]([Mg][Br])cc2)cc1. The standard InChI is InChI=1S/C17H19O2.BrH.Mg/c1-17(2,15-7-5-4-6-8-15)19-13-14-9-11-16(18-3)12-10-14;;/h5-12H,13H2,1-3H3;1H;/q;;+1/p-1. The maximum absolute atomic E-state index is 6.11. The summed E-state index contributed by atoms with van der Waals surface area (Å²) in [6, 6.07) is 16.7. The van der Waals surface area contributed by atoms with Gasteiger partial charge in [0.05, 0.1) is 19.3 Å². The molecule has 2 aromatic rings. The van der Waals surface area contributed by atoms with Gasteiger partial charge in [0, 0.05) is 0 Å². The molecule has 0 amide bonds. The molecule has 2 aromatic carbocycles. The van der Waals surface area contributed by atoms with E-state index in [1.165, 1.54) is 9.26 Å². The van der Waals surface area contributed by atoms with Gasteiger partial charge in [0.25, 0.3) is 0 Å². The van der Waals surface area contributed by atoms with Gasteiger partial charge >= 0.3 is 18.2 Å². The van der Waals surface area contributed by atoms with Crippen molar-refractivity contribution in [2.75, 3.05) is 7.11 Å². The third-order valence-corrected chi connectivity index (χ3v) is 6.28. The Bertz CT molecular complexity index is 564. The lowest BCUT2D eigenvalue weighted by atomic mass is 9.98. The van der Waals surface area contributed by atoms with Gasteiger partial charge in [-0.1, -0.05) is 36.4 Å². The molecule has 21 heavy (non-hydrogen) atoms. The fourth-order valence-electron chi connectivity index (χ4n) is 2.06.